The Morgan fingerprint density at radius 3 is 2.33 bits per heavy atom. The summed E-state index contributed by atoms with van der Waals surface area (Å²) in [5.41, 5.74) is 0.452. The summed E-state index contributed by atoms with van der Waals surface area (Å²) in [6.45, 7) is 0. The number of ether oxygens (including phenoxy) is 2. The maximum absolute atomic E-state index is 13.8. The third-order valence-corrected chi connectivity index (χ3v) is 2.56. The standard InChI is InChI=1S/C12H10ClFN2O2/c1-17-8-4-3-5-9(18-2)10(8)11-7(14)6-15-12(13)16-11/h3-6H,1-2H3. The SMILES string of the molecule is COc1cccc(OC)c1-c1nc(Cl)ncc1F. The second kappa shape index (κ2) is 5.18. The summed E-state index contributed by atoms with van der Waals surface area (Å²) in [4.78, 5) is 7.45. The molecule has 0 saturated heterocycles. The molecule has 1 heterocycles. The van der Waals surface area contributed by atoms with Gasteiger partial charge in [-0.15, -0.1) is 0 Å². The minimum absolute atomic E-state index is 0.0423. The summed E-state index contributed by atoms with van der Waals surface area (Å²) in [7, 11) is 2.97. The molecule has 0 aliphatic carbocycles. The van der Waals surface area contributed by atoms with Crippen LogP contribution < -0.4 is 9.47 Å². The van der Waals surface area contributed by atoms with Crippen molar-refractivity contribution in [3.63, 3.8) is 0 Å². The Balaban J connectivity index is 2.72. The van der Waals surface area contributed by atoms with Crippen LogP contribution in [0.25, 0.3) is 11.3 Å². The molecule has 4 nitrogen and oxygen atoms in total. The van der Waals surface area contributed by atoms with Crippen molar-refractivity contribution >= 4 is 11.6 Å². The number of hydrogen-bond donors (Lipinski definition) is 0. The molecule has 2 rings (SSSR count). The Labute approximate surface area is 108 Å². The van der Waals surface area contributed by atoms with Gasteiger partial charge in [0.2, 0.25) is 5.28 Å². The molecule has 0 amide bonds. The molecule has 1 aromatic carbocycles. The summed E-state index contributed by atoms with van der Waals surface area (Å²) in [5, 5.41) is -0.0423. The van der Waals surface area contributed by atoms with Gasteiger partial charge in [-0.25, -0.2) is 14.4 Å². The Morgan fingerprint density at radius 2 is 1.78 bits per heavy atom. The lowest BCUT2D eigenvalue weighted by atomic mass is 10.1. The van der Waals surface area contributed by atoms with E-state index in [1.807, 2.05) is 0 Å². The second-order valence-electron chi connectivity index (χ2n) is 3.37. The van der Waals surface area contributed by atoms with Crippen LogP contribution >= 0.6 is 11.6 Å². The van der Waals surface area contributed by atoms with Crippen LogP contribution in [0.2, 0.25) is 5.28 Å². The minimum atomic E-state index is -0.595. The predicted octanol–water partition coefficient (Wildman–Crippen LogP) is 2.95. The zero-order valence-corrected chi connectivity index (χ0v) is 10.5. The van der Waals surface area contributed by atoms with Crippen LogP contribution in [0.3, 0.4) is 0 Å². The van der Waals surface area contributed by atoms with Gasteiger partial charge in [0, 0.05) is 0 Å². The number of methoxy groups -OCH3 is 2. The number of rotatable bonds is 3. The van der Waals surface area contributed by atoms with Crippen molar-refractivity contribution in [2.45, 2.75) is 0 Å². The number of halogens is 2. The average Bonchev–Trinajstić information content (AvgIpc) is 2.40. The van der Waals surface area contributed by atoms with Crippen LogP contribution in [0, 0.1) is 5.82 Å². The first kappa shape index (κ1) is 12.6. The van der Waals surface area contributed by atoms with E-state index in [1.54, 1.807) is 18.2 Å². The van der Waals surface area contributed by atoms with E-state index in [1.165, 1.54) is 14.2 Å². The summed E-state index contributed by atoms with van der Waals surface area (Å²) in [5.74, 6) is 0.299. The van der Waals surface area contributed by atoms with E-state index in [0.29, 0.717) is 17.1 Å². The largest absolute Gasteiger partial charge is 0.496 e. The van der Waals surface area contributed by atoms with Crippen LogP contribution in [0.15, 0.2) is 24.4 Å². The van der Waals surface area contributed by atoms with E-state index in [4.69, 9.17) is 21.1 Å². The van der Waals surface area contributed by atoms with Crippen molar-refractivity contribution in [3.8, 4) is 22.8 Å². The van der Waals surface area contributed by atoms with Crippen LogP contribution in [-0.2, 0) is 0 Å². The molecule has 0 saturated carbocycles. The van der Waals surface area contributed by atoms with Crippen molar-refractivity contribution in [1.82, 2.24) is 9.97 Å². The molecule has 0 spiro atoms. The van der Waals surface area contributed by atoms with Crippen LogP contribution in [0.4, 0.5) is 4.39 Å². The van der Waals surface area contributed by atoms with Crippen molar-refractivity contribution in [2.24, 2.45) is 0 Å². The van der Waals surface area contributed by atoms with E-state index < -0.39 is 5.82 Å². The van der Waals surface area contributed by atoms with Gasteiger partial charge < -0.3 is 9.47 Å². The molecule has 0 aliphatic rings. The van der Waals surface area contributed by atoms with Crippen molar-refractivity contribution < 1.29 is 13.9 Å². The molecule has 2 aromatic rings. The fourth-order valence-electron chi connectivity index (χ4n) is 1.61. The maximum atomic E-state index is 13.8. The van der Waals surface area contributed by atoms with Crippen molar-refractivity contribution in [3.05, 3.63) is 35.5 Å². The number of aromatic nitrogens is 2. The molecule has 0 N–H and O–H groups in total. The summed E-state index contributed by atoms with van der Waals surface area (Å²) in [6.07, 6.45) is 1.01. The van der Waals surface area contributed by atoms with Crippen LogP contribution in [0.1, 0.15) is 0 Å². The monoisotopic (exact) mass is 268 g/mol. The van der Waals surface area contributed by atoms with Crippen LogP contribution in [0.5, 0.6) is 11.5 Å². The average molecular weight is 269 g/mol. The Hall–Kier alpha value is -1.88. The van der Waals surface area contributed by atoms with E-state index >= 15 is 0 Å². The van der Waals surface area contributed by atoms with E-state index in [9.17, 15) is 4.39 Å². The van der Waals surface area contributed by atoms with Gasteiger partial charge in [-0.3, -0.25) is 0 Å². The van der Waals surface area contributed by atoms with Gasteiger partial charge in [-0.2, -0.15) is 0 Å². The zero-order valence-electron chi connectivity index (χ0n) is 9.78. The third-order valence-electron chi connectivity index (χ3n) is 2.38. The Bertz CT molecular complexity index is 556. The van der Waals surface area contributed by atoms with Gasteiger partial charge in [-0.1, -0.05) is 6.07 Å². The molecule has 0 fully saturated rings. The number of nitrogens with zero attached hydrogens (tertiary/aromatic N) is 2. The van der Waals surface area contributed by atoms with Gasteiger partial charge in [0.15, 0.2) is 5.82 Å². The lowest BCUT2D eigenvalue weighted by molar-refractivity contribution is 0.396. The van der Waals surface area contributed by atoms with E-state index in [2.05, 4.69) is 9.97 Å². The first-order valence-corrected chi connectivity index (χ1v) is 5.44. The highest BCUT2D eigenvalue weighted by molar-refractivity contribution is 6.28. The first-order valence-electron chi connectivity index (χ1n) is 5.06. The lowest BCUT2D eigenvalue weighted by Crippen LogP contribution is -1.98. The smallest absolute Gasteiger partial charge is 0.223 e. The molecule has 0 bridgehead atoms. The molecular weight excluding hydrogens is 259 g/mol. The quantitative estimate of drug-likeness (QED) is 0.803. The van der Waals surface area contributed by atoms with E-state index in [0.717, 1.165) is 6.20 Å². The minimum Gasteiger partial charge on any atom is -0.496 e. The molecular formula is C12H10ClFN2O2. The highest BCUT2D eigenvalue weighted by Gasteiger charge is 2.18. The first-order chi connectivity index (χ1) is 8.67. The highest BCUT2D eigenvalue weighted by Crippen LogP contribution is 2.38. The summed E-state index contributed by atoms with van der Waals surface area (Å²) in [6, 6.07) is 5.11. The second-order valence-corrected chi connectivity index (χ2v) is 3.71. The molecule has 6 heteroatoms. The van der Waals surface area contributed by atoms with Crippen LogP contribution in [-0.4, -0.2) is 24.2 Å². The molecule has 94 valence electrons. The molecule has 18 heavy (non-hydrogen) atoms. The molecule has 0 radical (unpaired) electrons. The van der Waals surface area contributed by atoms with Gasteiger partial charge in [0.25, 0.3) is 0 Å². The van der Waals surface area contributed by atoms with Gasteiger partial charge in [0.1, 0.15) is 17.2 Å². The lowest BCUT2D eigenvalue weighted by Gasteiger charge is -2.12. The van der Waals surface area contributed by atoms with Crippen molar-refractivity contribution in [2.75, 3.05) is 14.2 Å². The highest BCUT2D eigenvalue weighted by atomic mass is 35.5. The maximum Gasteiger partial charge on any atom is 0.223 e. The Morgan fingerprint density at radius 1 is 1.17 bits per heavy atom. The Kier molecular flexibility index (Phi) is 3.62. The fourth-order valence-corrected chi connectivity index (χ4v) is 1.74. The number of benzene rings is 1. The third kappa shape index (κ3) is 2.22. The molecule has 0 atom stereocenters. The predicted molar refractivity (Wildman–Crippen MR) is 65.5 cm³/mol. The molecule has 0 aliphatic heterocycles. The topological polar surface area (TPSA) is 44.2 Å². The molecule has 1 aromatic heterocycles. The van der Waals surface area contributed by atoms with Gasteiger partial charge in [-0.05, 0) is 23.7 Å². The van der Waals surface area contributed by atoms with Gasteiger partial charge in [0.05, 0.1) is 26.0 Å². The van der Waals surface area contributed by atoms with Crippen molar-refractivity contribution in [1.29, 1.82) is 0 Å². The molecule has 0 unspecified atom stereocenters. The fraction of sp³-hybridized carbons (Fsp3) is 0.167. The van der Waals surface area contributed by atoms with Gasteiger partial charge >= 0.3 is 0 Å². The summed E-state index contributed by atoms with van der Waals surface area (Å²) < 4.78 is 24.2. The zero-order chi connectivity index (χ0) is 13.1. The summed E-state index contributed by atoms with van der Waals surface area (Å²) >= 11 is 5.69. The number of hydrogen-bond acceptors (Lipinski definition) is 4. The normalized spacial score (nSPS) is 10.2. The van der Waals surface area contributed by atoms with E-state index in [-0.39, 0.29) is 11.0 Å².